The van der Waals surface area contributed by atoms with E-state index in [1.165, 1.54) is 0 Å². The highest BCUT2D eigenvalue weighted by molar-refractivity contribution is 5.73. The highest BCUT2D eigenvalue weighted by atomic mass is 16.5. The number of hydrogen-bond acceptors (Lipinski definition) is 4. The van der Waals surface area contributed by atoms with Crippen LogP contribution in [0.2, 0.25) is 0 Å². The van der Waals surface area contributed by atoms with Crippen molar-refractivity contribution >= 4 is 5.97 Å². The Morgan fingerprint density at radius 1 is 1.47 bits per heavy atom. The molecule has 94 valence electrons. The van der Waals surface area contributed by atoms with E-state index in [0.717, 1.165) is 11.3 Å². The SMILES string of the molecule is CCOC(=O)C(CN)Cc1cccc(OC)c1. The van der Waals surface area contributed by atoms with Gasteiger partial charge in [0.25, 0.3) is 0 Å². The van der Waals surface area contributed by atoms with Gasteiger partial charge in [-0.3, -0.25) is 4.79 Å². The normalized spacial score (nSPS) is 11.9. The third kappa shape index (κ3) is 4.07. The van der Waals surface area contributed by atoms with Gasteiger partial charge in [0.2, 0.25) is 0 Å². The van der Waals surface area contributed by atoms with Gasteiger partial charge in [0.15, 0.2) is 0 Å². The van der Waals surface area contributed by atoms with Crippen molar-refractivity contribution in [2.45, 2.75) is 13.3 Å². The van der Waals surface area contributed by atoms with E-state index in [4.69, 9.17) is 15.2 Å². The third-order valence-corrected chi connectivity index (χ3v) is 2.52. The molecule has 0 saturated carbocycles. The van der Waals surface area contributed by atoms with Crippen LogP contribution in [-0.4, -0.2) is 26.2 Å². The summed E-state index contributed by atoms with van der Waals surface area (Å²) in [4.78, 5) is 11.6. The van der Waals surface area contributed by atoms with Crippen molar-refractivity contribution in [1.29, 1.82) is 0 Å². The molecule has 0 fully saturated rings. The Morgan fingerprint density at radius 3 is 2.82 bits per heavy atom. The van der Waals surface area contributed by atoms with Gasteiger partial charge < -0.3 is 15.2 Å². The second kappa shape index (κ2) is 6.91. The van der Waals surface area contributed by atoms with E-state index in [9.17, 15) is 4.79 Å². The van der Waals surface area contributed by atoms with Gasteiger partial charge in [-0.05, 0) is 31.0 Å². The maximum absolute atomic E-state index is 11.6. The Bertz CT molecular complexity index is 365. The highest BCUT2D eigenvalue weighted by Crippen LogP contribution is 2.16. The molecule has 1 aromatic rings. The molecule has 4 heteroatoms. The topological polar surface area (TPSA) is 61.5 Å². The number of nitrogens with two attached hydrogens (primary N) is 1. The fraction of sp³-hybridized carbons (Fsp3) is 0.462. The largest absolute Gasteiger partial charge is 0.497 e. The molecule has 0 aliphatic rings. The summed E-state index contributed by atoms with van der Waals surface area (Å²) in [5, 5.41) is 0. The lowest BCUT2D eigenvalue weighted by atomic mass is 9.99. The molecule has 17 heavy (non-hydrogen) atoms. The van der Waals surface area contributed by atoms with E-state index in [0.29, 0.717) is 13.0 Å². The van der Waals surface area contributed by atoms with E-state index >= 15 is 0 Å². The summed E-state index contributed by atoms with van der Waals surface area (Å²) in [7, 11) is 1.62. The Kier molecular flexibility index (Phi) is 5.49. The predicted octanol–water partition coefficient (Wildman–Crippen LogP) is 1.38. The predicted molar refractivity (Wildman–Crippen MR) is 65.9 cm³/mol. The van der Waals surface area contributed by atoms with Gasteiger partial charge in [0, 0.05) is 6.54 Å². The van der Waals surface area contributed by atoms with Gasteiger partial charge in [-0.1, -0.05) is 12.1 Å². The van der Waals surface area contributed by atoms with Crippen LogP contribution >= 0.6 is 0 Å². The molecule has 1 rings (SSSR count). The number of carbonyl (C=O) groups is 1. The van der Waals surface area contributed by atoms with Crippen molar-refractivity contribution < 1.29 is 14.3 Å². The average molecular weight is 237 g/mol. The summed E-state index contributed by atoms with van der Waals surface area (Å²) < 4.78 is 10.1. The van der Waals surface area contributed by atoms with E-state index in [-0.39, 0.29) is 18.4 Å². The smallest absolute Gasteiger partial charge is 0.310 e. The van der Waals surface area contributed by atoms with Crippen molar-refractivity contribution in [2.75, 3.05) is 20.3 Å². The van der Waals surface area contributed by atoms with Crippen LogP contribution in [-0.2, 0) is 16.0 Å². The van der Waals surface area contributed by atoms with Gasteiger partial charge in [0.1, 0.15) is 5.75 Å². The number of benzene rings is 1. The molecule has 0 aliphatic carbocycles. The minimum atomic E-state index is -0.290. The van der Waals surface area contributed by atoms with Crippen LogP contribution in [0.15, 0.2) is 24.3 Å². The molecule has 4 nitrogen and oxygen atoms in total. The monoisotopic (exact) mass is 237 g/mol. The second-order valence-corrected chi connectivity index (χ2v) is 3.74. The quantitative estimate of drug-likeness (QED) is 0.759. The lowest BCUT2D eigenvalue weighted by molar-refractivity contribution is -0.147. The molecule has 0 saturated heterocycles. The standard InChI is InChI=1S/C13H19NO3/c1-3-17-13(15)11(9-14)7-10-5-4-6-12(8-10)16-2/h4-6,8,11H,3,7,9,14H2,1-2H3. The fourth-order valence-corrected chi connectivity index (χ4v) is 1.61. The van der Waals surface area contributed by atoms with Gasteiger partial charge in [-0.2, -0.15) is 0 Å². The van der Waals surface area contributed by atoms with Crippen LogP contribution in [0, 0.1) is 5.92 Å². The Hall–Kier alpha value is -1.55. The van der Waals surface area contributed by atoms with Crippen LogP contribution < -0.4 is 10.5 Å². The third-order valence-electron chi connectivity index (χ3n) is 2.52. The number of rotatable bonds is 6. The van der Waals surface area contributed by atoms with Crippen molar-refractivity contribution in [2.24, 2.45) is 11.7 Å². The zero-order chi connectivity index (χ0) is 12.7. The molecular weight excluding hydrogens is 218 g/mol. The van der Waals surface area contributed by atoms with Crippen LogP contribution in [0.3, 0.4) is 0 Å². The molecule has 0 heterocycles. The van der Waals surface area contributed by atoms with Crippen LogP contribution in [0.4, 0.5) is 0 Å². The Morgan fingerprint density at radius 2 is 2.24 bits per heavy atom. The zero-order valence-electron chi connectivity index (χ0n) is 10.3. The molecule has 0 bridgehead atoms. The van der Waals surface area contributed by atoms with Gasteiger partial charge in [-0.15, -0.1) is 0 Å². The van der Waals surface area contributed by atoms with Crippen LogP contribution in [0.5, 0.6) is 5.75 Å². The molecule has 1 aromatic carbocycles. The lowest BCUT2D eigenvalue weighted by Gasteiger charge is -2.13. The number of methoxy groups -OCH3 is 1. The van der Waals surface area contributed by atoms with Gasteiger partial charge in [0.05, 0.1) is 19.6 Å². The van der Waals surface area contributed by atoms with E-state index in [2.05, 4.69) is 0 Å². The molecule has 1 unspecified atom stereocenters. The summed E-state index contributed by atoms with van der Waals surface area (Å²) in [5.41, 5.74) is 6.61. The first-order chi connectivity index (χ1) is 8.21. The minimum absolute atomic E-state index is 0.238. The molecule has 0 aliphatic heterocycles. The second-order valence-electron chi connectivity index (χ2n) is 3.74. The van der Waals surface area contributed by atoms with Crippen molar-refractivity contribution in [1.82, 2.24) is 0 Å². The zero-order valence-corrected chi connectivity index (χ0v) is 10.3. The maximum atomic E-state index is 11.6. The molecule has 0 aromatic heterocycles. The number of hydrogen-bond donors (Lipinski definition) is 1. The Labute approximate surface area is 102 Å². The number of esters is 1. The summed E-state index contributed by atoms with van der Waals surface area (Å²) in [6, 6.07) is 7.62. The van der Waals surface area contributed by atoms with Crippen molar-refractivity contribution in [3.8, 4) is 5.75 Å². The summed E-state index contributed by atoms with van der Waals surface area (Å²) >= 11 is 0. The average Bonchev–Trinajstić information content (AvgIpc) is 2.36. The highest BCUT2D eigenvalue weighted by Gasteiger charge is 2.18. The first kappa shape index (κ1) is 13.5. The molecular formula is C13H19NO3. The van der Waals surface area contributed by atoms with E-state index in [1.807, 2.05) is 24.3 Å². The summed E-state index contributed by atoms with van der Waals surface area (Å²) in [6.07, 6.45) is 0.576. The molecule has 0 radical (unpaired) electrons. The van der Waals surface area contributed by atoms with Crippen LogP contribution in [0.1, 0.15) is 12.5 Å². The summed E-state index contributed by atoms with van der Waals surface area (Å²) in [5.74, 6) is 0.252. The molecule has 1 atom stereocenters. The Balaban J connectivity index is 2.69. The van der Waals surface area contributed by atoms with Crippen molar-refractivity contribution in [3.05, 3.63) is 29.8 Å². The number of ether oxygens (including phenoxy) is 2. The fourth-order valence-electron chi connectivity index (χ4n) is 1.61. The van der Waals surface area contributed by atoms with E-state index < -0.39 is 0 Å². The van der Waals surface area contributed by atoms with Gasteiger partial charge >= 0.3 is 5.97 Å². The molecule has 0 amide bonds. The molecule has 0 spiro atoms. The number of carbonyl (C=O) groups excluding carboxylic acids is 1. The van der Waals surface area contributed by atoms with Gasteiger partial charge in [-0.25, -0.2) is 0 Å². The maximum Gasteiger partial charge on any atom is 0.310 e. The minimum Gasteiger partial charge on any atom is -0.497 e. The lowest BCUT2D eigenvalue weighted by Crippen LogP contribution is -2.27. The molecule has 2 N–H and O–H groups in total. The summed E-state index contributed by atoms with van der Waals surface area (Å²) in [6.45, 7) is 2.46. The first-order valence-corrected chi connectivity index (χ1v) is 5.70. The van der Waals surface area contributed by atoms with E-state index in [1.54, 1.807) is 14.0 Å². The van der Waals surface area contributed by atoms with Crippen LogP contribution in [0.25, 0.3) is 0 Å². The first-order valence-electron chi connectivity index (χ1n) is 5.70. The van der Waals surface area contributed by atoms with Crippen molar-refractivity contribution in [3.63, 3.8) is 0 Å².